The number of rotatable bonds is 4. The van der Waals surface area contributed by atoms with Gasteiger partial charge in [0.05, 0.1) is 22.7 Å². The molecule has 3 heterocycles. The predicted molar refractivity (Wildman–Crippen MR) is 107 cm³/mol. The first-order valence-corrected chi connectivity index (χ1v) is 10.0. The van der Waals surface area contributed by atoms with E-state index in [0.29, 0.717) is 15.8 Å². The van der Waals surface area contributed by atoms with Gasteiger partial charge in [-0.15, -0.1) is 22.7 Å². The number of nitriles is 1. The van der Waals surface area contributed by atoms with Crippen LogP contribution in [0.4, 0.5) is 18.9 Å². The highest BCUT2D eigenvalue weighted by molar-refractivity contribution is 7.18. The Morgan fingerprint density at radius 3 is 2.80 bits per heavy atom. The molecule has 3 aromatic rings. The molecule has 152 valence electrons. The van der Waals surface area contributed by atoms with Gasteiger partial charge in [0.1, 0.15) is 16.1 Å². The van der Waals surface area contributed by atoms with Gasteiger partial charge < -0.3 is 9.88 Å². The summed E-state index contributed by atoms with van der Waals surface area (Å²) in [6.07, 6.45) is -1.94. The number of thiophene rings is 1. The van der Waals surface area contributed by atoms with Crippen molar-refractivity contribution in [3.05, 3.63) is 65.4 Å². The summed E-state index contributed by atoms with van der Waals surface area (Å²) < 4.78 is 39.5. The Morgan fingerprint density at radius 1 is 1.37 bits per heavy atom. The van der Waals surface area contributed by atoms with Gasteiger partial charge >= 0.3 is 0 Å². The van der Waals surface area contributed by atoms with Crippen molar-refractivity contribution in [2.45, 2.75) is 13.0 Å². The second-order valence-corrected chi connectivity index (χ2v) is 8.09. The van der Waals surface area contributed by atoms with Crippen LogP contribution >= 0.6 is 34.3 Å². The normalized spacial score (nSPS) is 10.4. The molecule has 0 aliphatic heterocycles. The molecule has 0 aliphatic rings. The van der Waals surface area contributed by atoms with Gasteiger partial charge in [-0.05, 0) is 12.0 Å². The number of nitrogens with one attached hydrogen (secondary N) is 1. The molecular weight excluding hydrogens is 461 g/mol. The Hall–Kier alpha value is -3.12. The van der Waals surface area contributed by atoms with E-state index >= 15 is 0 Å². The monoisotopic (exact) mass is 468 g/mol. The number of thiazole rings is 1. The fourth-order valence-electron chi connectivity index (χ4n) is 2.22. The van der Waals surface area contributed by atoms with Crippen LogP contribution < -0.4 is 10.9 Å². The van der Waals surface area contributed by atoms with E-state index in [4.69, 9.17) is 16.9 Å². The van der Waals surface area contributed by atoms with Crippen molar-refractivity contribution >= 4 is 45.9 Å². The number of halogens is 4. The number of hydrogen-bond donors (Lipinski definition) is 1. The maximum Gasteiger partial charge on any atom is 0.286 e. The number of carbonyl (C=O) groups is 1. The van der Waals surface area contributed by atoms with E-state index in [1.54, 1.807) is 5.38 Å². The molecule has 0 saturated carbocycles. The maximum atomic E-state index is 13.7. The van der Waals surface area contributed by atoms with E-state index in [0.717, 1.165) is 34.9 Å². The lowest BCUT2D eigenvalue weighted by molar-refractivity contribution is 0.103. The molecule has 0 saturated heterocycles. The van der Waals surface area contributed by atoms with Crippen molar-refractivity contribution in [2.24, 2.45) is 0 Å². The van der Waals surface area contributed by atoms with Gasteiger partial charge in [-0.2, -0.15) is 5.26 Å². The summed E-state index contributed by atoms with van der Waals surface area (Å²) in [7, 11) is 0. The van der Waals surface area contributed by atoms with Crippen LogP contribution in [-0.4, -0.2) is 21.9 Å². The van der Waals surface area contributed by atoms with E-state index in [9.17, 15) is 22.8 Å². The fraction of sp³-hybridized carbons (Fsp3) is 0.111. The van der Waals surface area contributed by atoms with Crippen molar-refractivity contribution in [1.82, 2.24) is 9.55 Å². The molecule has 0 atom stereocenters. The summed E-state index contributed by atoms with van der Waals surface area (Å²) in [5.41, 5.74) is -0.665. The molecule has 1 amide bonds. The molecule has 0 fully saturated rings. The second kappa shape index (κ2) is 9.13. The summed E-state index contributed by atoms with van der Waals surface area (Å²) in [6.45, 7) is -1.01. The molecule has 0 bridgehead atoms. The van der Waals surface area contributed by atoms with Crippen LogP contribution in [0.15, 0.2) is 28.5 Å². The number of aromatic nitrogens is 2. The van der Waals surface area contributed by atoms with Crippen molar-refractivity contribution in [1.29, 1.82) is 5.26 Å². The Bertz CT molecular complexity index is 1280. The first kappa shape index (κ1) is 21.6. The molecule has 30 heavy (non-hydrogen) atoms. The van der Waals surface area contributed by atoms with Crippen LogP contribution in [-0.2, 0) is 6.54 Å². The molecule has 0 radical (unpaired) electrons. The van der Waals surface area contributed by atoms with Gasteiger partial charge in [0.25, 0.3) is 17.9 Å². The Morgan fingerprint density at radius 2 is 2.13 bits per heavy atom. The average Bonchev–Trinajstić information content (AvgIpc) is 3.30. The topological polar surface area (TPSA) is 87.8 Å². The largest absolute Gasteiger partial charge is 0.320 e. The molecule has 3 aromatic heterocycles. The summed E-state index contributed by atoms with van der Waals surface area (Å²) >= 11 is 8.14. The minimum Gasteiger partial charge on any atom is -0.320 e. The zero-order chi connectivity index (χ0) is 21.8. The van der Waals surface area contributed by atoms with E-state index in [2.05, 4.69) is 22.1 Å². The van der Waals surface area contributed by atoms with Crippen LogP contribution in [0.2, 0.25) is 4.34 Å². The number of alkyl halides is 2. The van der Waals surface area contributed by atoms with Crippen LogP contribution in [0.25, 0.3) is 0 Å². The zero-order valence-electron chi connectivity index (χ0n) is 14.6. The number of pyridine rings is 1. The van der Waals surface area contributed by atoms with Crippen molar-refractivity contribution in [3.63, 3.8) is 0 Å². The van der Waals surface area contributed by atoms with Crippen LogP contribution in [0.3, 0.4) is 0 Å². The molecule has 0 aliphatic carbocycles. The molecular formula is C18H8ClF3N4O2S2. The predicted octanol–water partition coefficient (Wildman–Crippen LogP) is 3.95. The molecule has 12 heteroatoms. The van der Waals surface area contributed by atoms with Gasteiger partial charge in [0.15, 0.2) is 10.8 Å². The summed E-state index contributed by atoms with van der Waals surface area (Å²) in [4.78, 5) is 28.1. The van der Waals surface area contributed by atoms with Crippen molar-refractivity contribution < 1.29 is 18.0 Å². The van der Waals surface area contributed by atoms with E-state index in [1.165, 1.54) is 6.07 Å². The smallest absolute Gasteiger partial charge is 0.286 e. The summed E-state index contributed by atoms with van der Waals surface area (Å²) in [5, 5.41) is 13.0. The molecule has 0 spiro atoms. The zero-order valence-corrected chi connectivity index (χ0v) is 17.0. The van der Waals surface area contributed by atoms with Crippen LogP contribution in [0.1, 0.15) is 25.9 Å². The van der Waals surface area contributed by atoms with Crippen molar-refractivity contribution in [2.75, 3.05) is 5.32 Å². The fourth-order valence-corrected chi connectivity index (χ4v) is 3.85. The molecule has 0 unspecified atom stereocenters. The molecule has 6 nitrogen and oxygen atoms in total. The minimum absolute atomic E-state index is 0.132. The summed E-state index contributed by atoms with van der Waals surface area (Å²) in [5.74, 6) is 3.52. The lowest BCUT2D eigenvalue weighted by atomic mass is 10.3. The third-order valence-electron chi connectivity index (χ3n) is 3.47. The van der Waals surface area contributed by atoms with Gasteiger partial charge in [0.2, 0.25) is 0 Å². The second-order valence-electron chi connectivity index (χ2n) is 5.58. The van der Waals surface area contributed by atoms with Gasteiger partial charge in [0, 0.05) is 17.6 Å². The average molecular weight is 469 g/mol. The number of carbonyl (C=O) groups excluding carboxylic acids is 1. The Balaban J connectivity index is 1.80. The Kier molecular flexibility index (Phi) is 6.57. The molecule has 3 rings (SSSR count). The highest BCUT2D eigenvalue weighted by atomic mass is 35.5. The highest BCUT2D eigenvalue weighted by Crippen LogP contribution is 2.28. The third kappa shape index (κ3) is 5.07. The standard InChI is InChI=1S/C18H8ClF3N4O2S2/c19-16-9(1-2-10-8-29-15(5-23)24-10)3-13(30-16)17(27)25-11-4-12(20)18(28)26(6-11)7-14(21)22/h3-4,6,8,14H,7H2,(H,25,27). The van der Waals surface area contributed by atoms with Crippen LogP contribution in [0.5, 0.6) is 0 Å². The molecule has 0 aromatic carbocycles. The van der Waals surface area contributed by atoms with E-state index in [-0.39, 0.29) is 19.9 Å². The van der Waals surface area contributed by atoms with Gasteiger partial charge in [-0.1, -0.05) is 17.5 Å². The first-order valence-electron chi connectivity index (χ1n) is 7.93. The number of amides is 1. The van der Waals surface area contributed by atoms with Gasteiger partial charge in [-0.25, -0.2) is 18.2 Å². The van der Waals surface area contributed by atoms with E-state index < -0.39 is 30.3 Å². The summed E-state index contributed by atoms with van der Waals surface area (Å²) in [6, 6.07) is 4.04. The SMILES string of the molecule is N#Cc1nc(C#Cc2cc(C(=O)Nc3cc(F)c(=O)n(CC(F)F)c3)sc2Cl)cs1. The lowest BCUT2D eigenvalue weighted by Gasteiger charge is -2.09. The van der Waals surface area contributed by atoms with Crippen molar-refractivity contribution in [3.8, 4) is 17.9 Å². The quantitative estimate of drug-likeness (QED) is 0.587. The third-order valence-corrected chi connectivity index (χ3v) is 5.57. The van der Waals surface area contributed by atoms with Gasteiger partial charge in [-0.3, -0.25) is 9.59 Å². The maximum absolute atomic E-state index is 13.7. The minimum atomic E-state index is -2.87. The highest BCUT2D eigenvalue weighted by Gasteiger charge is 2.16. The molecule has 1 N–H and O–H groups in total. The first-order chi connectivity index (χ1) is 14.3. The number of nitrogens with zero attached hydrogens (tertiary/aromatic N) is 3. The number of anilines is 1. The van der Waals surface area contributed by atoms with Crippen LogP contribution in [0, 0.1) is 29.0 Å². The number of hydrogen-bond acceptors (Lipinski definition) is 6. The Labute approximate surface area is 180 Å². The van der Waals surface area contributed by atoms with E-state index in [1.807, 2.05) is 6.07 Å². The lowest BCUT2D eigenvalue weighted by Crippen LogP contribution is -2.26.